The van der Waals surface area contributed by atoms with Crippen molar-refractivity contribution in [1.29, 1.82) is 0 Å². The molecule has 2 rings (SSSR count). The fraction of sp³-hybridized carbons (Fsp3) is 0.500. The Morgan fingerprint density at radius 3 is 2.57 bits per heavy atom. The fourth-order valence-electron chi connectivity index (χ4n) is 2.27. The standard InChI is InChI=1S/C14H20N2O4S/c1-3-20-12-6-4-11(5-7-12)14-15-10-13(17)16(14)8-9-21(2,18)19/h4-7,14-15H,3,8-10H2,1-2H3. The van der Waals surface area contributed by atoms with Crippen molar-refractivity contribution >= 4 is 15.7 Å². The van der Waals surface area contributed by atoms with Crippen molar-refractivity contribution in [3.8, 4) is 5.75 Å². The Morgan fingerprint density at radius 2 is 2.00 bits per heavy atom. The third-order valence-electron chi connectivity index (χ3n) is 3.29. The highest BCUT2D eigenvalue weighted by molar-refractivity contribution is 7.90. The highest BCUT2D eigenvalue weighted by Crippen LogP contribution is 2.24. The molecule has 1 atom stereocenters. The van der Waals surface area contributed by atoms with E-state index >= 15 is 0 Å². The van der Waals surface area contributed by atoms with Gasteiger partial charge >= 0.3 is 0 Å². The van der Waals surface area contributed by atoms with Crippen LogP contribution in [-0.2, 0) is 14.6 Å². The summed E-state index contributed by atoms with van der Waals surface area (Å²) in [6.45, 7) is 2.93. The summed E-state index contributed by atoms with van der Waals surface area (Å²) in [7, 11) is -3.10. The van der Waals surface area contributed by atoms with Crippen molar-refractivity contribution in [1.82, 2.24) is 10.2 Å². The number of amides is 1. The molecule has 0 saturated carbocycles. The summed E-state index contributed by atoms with van der Waals surface area (Å²) in [6, 6.07) is 7.46. The minimum atomic E-state index is -3.10. The Morgan fingerprint density at radius 1 is 1.33 bits per heavy atom. The SMILES string of the molecule is CCOc1ccc(C2NCC(=O)N2CCS(C)(=O)=O)cc1. The van der Waals surface area contributed by atoms with E-state index in [9.17, 15) is 13.2 Å². The molecule has 1 fully saturated rings. The number of carbonyl (C=O) groups is 1. The number of carbonyl (C=O) groups excluding carboxylic acids is 1. The first-order chi connectivity index (χ1) is 9.90. The molecule has 7 heteroatoms. The summed E-state index contributed by atoms with van der Waals surface area (Å²) >= 11 is 0. The number of rotatable bonds is 6. The summed E-state index contributed by atoms with van der Waals surface area (Å²) in [4.78, 5) is 13.5. The van der Waals surface area contributed by atoms with E-state index in [1.807, 2.05) is 31.2 Å². The molecule has 0 aromatic heterocycles. The molecule has 1 aromatic rings. The van der Waals surface area contributed by atoms with E-state index in [1.54, 1.807) is 4.90 Å². The molecule has 0 bridgehead atoms. The number of hydrogen-bond acceptors (Lipinski definition) is 5. The van der Waals surface area contributed by atoms with Crippen LogP contribution in [0.25, 0.3) is 0 Å². The van der Waals surface area contributed by atoms with Gasteiger partial charge in [-0.3, -0.25) is 10.1 Å². The zero-order chi connectivity index (χ0) is 15.5. The van der Waals surface area contributed by atoms with Crippen LogP contribution < -0.4 is 10.1 Å². The molecule has 1 unspecified atom stereocenters. The molecule has 1 saturated heterocycles. The van der Waals surface area contributed by atoms with Gasteiger partial charge in [0.05, 0.1) is 18.9 Å². The Bertz CT molecular complexity index is 598. The molecule has 0 aliphatic carbocycles. The molecule has 1 heterocycles. The summed E-state index contributed by atoms with van der Waals surface area (Å²) in [5, 5.41) is 3.10. The minimum absolute atomic E-state index is 0.0338. The third kappa shape index (κ3) is 4.18. The van der Waals surface area contributed by atoms with Gasteiger partial charge in [0.15, 0.2) is 0 Å². The molecular formula is C14H20N2O4S. The second kappa shape index (κ2) is 6.44. The molecule has 1 amide bonds. The van der Waals surface area contributed by atoms with Gasteiger partial charge in [0.25, 0.3) is 0 Å². The predicted octanol–water partition coefficient (Wildman–Crippen LogP) is 0.560. The van der Waals surface area contributed by atoms with Crippen molar-refractivity contribution in [3.63, 3.8) is 0 Å². The zero-order valence-corrected chi connectivity index (χ0v) is 13.0. The van der Waals surface area contributed by atoms with Crippen LogP contribution in [-0.4, -0.2) is 50.9 Å². The molecule has 21 heavy (non-hydrogen) atoms. The van der Waals surface area contributed by atoms with E-state index in [2.05, 4.69) is 5.32 Å². The minimum Gasteiger partial charge on any atom is -0.494 e. The van der Waals surface area contributed by atoms with Gasteiger partial charge in [-0.2, -0.15) is 0 Å². The van der Waals surface area contributed by atoms with Gasteiger partial charge in [-0.1, -0.05) is 12.1 Å². The molecule has 0 radical (unpaired) electrons. The molecule has 6 nitrogen and oxygen atoms in total. The maximum absolute atomic E-state index is 11.9. The third-order valence-corrected chi connectivity index (χ3v) is 4.21. The monoisotopic (exact) mass is 312 g/mol. The second-order valence-electron chi connectivity index (χ2n) is 5.00. The van der Waals surface area contributed by atoms with Crippen LogP contribution in [0.2, 0.25) is 0 Å². The lowest BCUT2D eigenvalue weighted by Gasteiger charge is -2.24. The van der Waals surface area contributed by atoms with E-state index in [4.69, 9.17) is 4.74 Å². The normalized spacial score (nSPS) is 19.0. The maximum atomic E-state index is 11.9. The van der Waals surface area contributed by atoms with E-state index in [1.165, 1.54) is 6.26 Å². The lowest BCUT2D eigenvalue weighted by atomic mass is 10.1. The Hall–Kier alpha value is -1.60. The Kier molecular flexibility index (Phi) is 4.84. The molecular weight excluding hydrogens is 292 g/mol. The van der Waals surface area contributed by atoms with Crippen molar-refractivity contribution < 1.29 is 17.9 Å². The van der Waals surface area contributed by atoms with Crippen LogP contribution in [0, 0.1) is 0 Å². The van der Waals surface area contributed by atoms with Crippen molar-refractivity contribution in [2.24, 2.45) is 0 Å². The van der Waals surface area contributed by atoms with Crippen LogP contribution in [0.5, 0.6) is 5.75 Å². The van der Waals surface area contributed by atoms with Gasteiger partial charge < -0.3 is 9.64 Å². The zero-order valence-electron chi connectivity index (χ0n) is 12.2. The summed E-state index contributed by atoms with van der Waals surface area (Å²) < 4.78 is 27.9. The number of sulfone groups is 1. The first-order valence-corrected chi connectivity index (χ1v) is 8.90. The predicted molar refractivity (Wildman–Crippen MR) is 79.8 cm³/mol. The van der Waals surface area contributed by atoms with E-state index < -0.39 is 9.84 Å². The molecule has 1 aromatic carbocycles. The van der Waals surface area contributed by atoms with Crippen LogP contribution in [0.3, 0.4) is 0 Å². The van der Waals surface area contributed by atoms with E-state index in [0.717, 1.165) is 11.3 Å². The lowest BCUT2D eigenvalue weighted by molar-refractivity contribution is -0.127. The first kappa shape index (κ1) is 15.8. The average Bonchev–Trinajstić information content (AvgIpc) is 2.78. The van der Waals surface area contributed by atoms with Crippen LogP contribution in [0.1, 0.15) is 18.7 Å². The molecule has 1 aliphatic rings. The van der Waals surface area contributed by atoms with Crippen molar-refractivity contribution in [2.75, 3.05) is 31.7 Å². The summed E-state index contributed by atoms with van der Waals surface area (Å²) in [5.41, 5.74) is 0.915. The van der Waals surface area contributed by atoms with Crippen molar-refractivity contribution in [3.05, 3.63) is 29.8 Å². The second-order valence-corrected chi connectivity index (χ2v) is 7.26. The molecule has 1 N–H and O–H groups in total. The summed E-state index contributed by atoms with van der Waals surface area (Å²) in [6.07, 6.45) is 0.891. The van der Waals surface area contributed by atoms with Crippen LogP contribution in [0.4, 0.5) is 0 Å². The largest absolute Gasteiger partial charge is 0.494 e. The van der Waals surface area contributed by atoms with Gasteiger partial charge in [-0.25, -0.2) is 8.42 Å². The Balaban J connectivity index is 2.11. The fourth-order valence-corrected chi connectivity index (χ4v) is 2.80. The lowest BCUT2D eigenvalue weighted by Crippen LogP contribution is -2.34. The van der Waals surface area contributed by atoms with Gasteiger partial charge in [-0.05, 0) is 24.6 Å². The van der Waals surface area contributed by atoms with Gasteiger partial charge in [0.1, 0.15) is 21.8 Å². The maximum Gasteiger partial charge on any atom is 0.238 e. The quantitative estimate of drug-likeness (QED) is 0.831. The first-order valence-electron chi connectivity index (χ1n) is 6.84. The number of nitrogens with one attached hydrogen (secondary N) is 1. The molecule has 1 aliphatic heterocycles. The number of benzene rings is 1. The Labute approximate surface area is 125 Å². The highest BCUT2D eigenvalue weighted by Gasteiger charge is 2.31. The number of ether oxygens (including phenoxy) is 1. The summed E-state index contributed by atoms with van der Waals surface area (Å²) in [5.74, 6) is 0.652. The molecule has 0 spiro atoms. The van der Waals surface area contributed by atoms with Crippen LogP contribution in [0.15, 0.2) is 24.3 Å². The van der Waals surface area contributed by atoms with Crippen LogP contribution >= 0.6 is 0 Å². The number of hydrogen-bond donors (Lipinski definition) is 1. The van der Waals surface area contributed by atoms with Gasteiger partial charge in [0, 0.05) is 12.8 Å². The average molecular weight is 312 g/mol. The smallest absolute Gasteiger partial charge is 0.238 e. The van der Waals surface area contributed by atoms with Gasteiger partial charge in [-0.15, -0.1) is 0 Å². The number of nitrogens with zero attached hydrogens (tertiary/aromatic N) is 1. The van der Waals surface area contributed by atoms with Gasteiger partial charge in [0.2, 0.25) is 5.91 Å². The van der Waals surface area contributed by atoms with E-state index in [0.29, 0.717) is 6.61 Å². The molecule has 116 valence electrons. The van der Waals surface area contributed by atoms with Crippen molar-refractivity contribution in [2.45, 2.75) is 13.1 Å². The highest BCUT2D eigenvalue weighted by atomic mass is 32.2. The topological polar surface area (TPSA) is 75.7 Å². The van der Waals surface area contributed by atoms with E-state index in [-0.39, 0.29) is 30.9 Å².